The molecule has 0 spiro atoms. The van der Waals surface area contributed by atoms with E-state index in [2.05, 4.69) is 15.5 Å². The third-order valence-corrected chi connectivity index (χ3v) is 2.49. The Morgan fingerprint density at radius 2 is 2.36 bits per heavy atom. The minimum absolute atomic E-state index is 0.227. The van der Waals surface area contributed by atoms with Crippen molar-refractivity contribution >= 4 is 0 Å². The van der Waals surface area contributed by atoms with Crippen molar-refractivity contribution in [3.05, 3.63) is 11.7 Å². The van der Waals surface area contributed by atoms with E-state index in [-0.39, 0.29) is 5.92 Å². The lowest BCUT2D eigenvalue weighted by atomic mass is 10.0. The first-order chi connectivity index (χ1) is 6.62. The van der Waals surface area contributed by atoms with E-state index in [9.17, 15) is 5.11 Å². The van der Waals surface area contributed by atoms with Crippen LogP contribution in [0.4, 0.5) is 0 Å². The van der Waals surface area contributed by atoms with Gasteiger partial charge in [0.25, 0.3) is 5.89 Å². The monoisotopic (exact) mass is 197 g/mol. The van der Waals surface area contributed by atoms with Crippen LogP contribution < -0.4 is 5.32 Å². The van der Waals surface area contributed by atoms with Crippen LogP contribution in [0.25, 0.3) is 0 Å². The van der Waals surface area contributed by atoms with Crippen LogP contribution in [0.5, 0.6) is 0 Å². The Kier molecular flexibility index (Phi) is 2.28. The van der Waals surface area contributed by atoms with E-state index in [1.165, 1.54) is 0 Å². The third kappa shape index (κ3) is 1.53. The molecule has 0 aromatic carbocycles. The van der Waals surface area contributed by atoms with Crippen LogP contribution in [0.15, 0.2) is 4.52 Å². The van der Waals surface area contributed by atoms with Gasteiger partial charge in [-0.1, -0.05) is 19.0 Å². The minimum atomic E-state index is -0.958. The van der Waals surface area contributed by atoms with Crippen molar-refractivity contribution in [3.8, 4) is 0 Å². The quantitative estimate of drug-likeness (QED) is 0.717. The smallest absolute Gasteiger partial charge is 0.259 e. The third-order valence-electron chi connectivity index (χ3n) is 2.49. The number of hydrogen-bond donors (Lipinski definition) is 2. The molecule has 1 fully saturated rings. The number of nitrogens with one attached hydrogen (secondary N) is 1. The summed E-state index contributed by atoms with van der Waals surface area (Å²) in [5.74, 6) is 1.22. The molecule has 0 radical (unpaired) electrons. The molecule has 1 aromatic heterocycles. The molecule has 2 rings (SSSR count). The van der Waals surface area contributed by atoms with Gasteiger partial charge in [-0.05, 0) is 13.0 Å². The summed E-state index contributed by atoms with van der Waals surface area (Å²) in [5.41, 5.74) is -0.958. The van der Waals surface area contributed by atoms with Crippen molar-refractivity contribution in [2.75, 3.05) is 13.1 Å². The van der Waals surface area contributed by atoms with Crippen molar-refractivity contribution in [1.82, 2.24) is 15.5 Å². The van der Waals surface area contributed by atoms with E-state index in [1.807, 2.05) is 13.8 Å². The molecule has 0 saturated carbocycles. The molecule has 0 unspecified atom stereocenters. The molecule has 1 aliphatic heterocycles. The van der Waals surface area contributed by atoms with Crippen molar-refractivity contribution in [2.45, 2.75) is 31.8 Å². The fourth-order valence-corrected chi connectivity index (χ4v) is 1.52. The van der Waals surface area contributed by atoms with E-state index < -0.39 is 5.60 Å². The SMILES string of the molecule is CC(C)c1noc([C@@]2(O)CCNC2)n1. The van der Waals surface area contributed by atoms with Crippen LogP contribution in [-0.2, 0) is 5.60 Å². The number of aromatic nitrogens is 2. The van der Waals surface area contributed by atoms with E-state index in [0.717, 1.165) is 6.54 Å². The average molecular weight is 197 g/mol. The summed E-state index contributed by atoms with van der Waals surface area (Å²) in [6, 6.07) is 0. The van der Waals surface area contributed by atoms with Crippen molar-refractivity contribution in [3.63, 3.8) is 0 Å². The van der Waals surface area contributed by atoms with Crippen LogP contribution in [0.2, 0.25) is 0 Å². The molecule has 1 aromatic rings. The summed E-state index contributed by atoms with van der Waals surface area (Å²) in [7, 11) is 0. The molecular formula is C9H15N3O2. The maximum absolute atomic E-state index is 10.1. The lowest BCUT2D eigenvalue weighted by Gasteiger charge is -2.14. The number of nitrogens with zero attached hydrogens (tertiary/aromatic N) is 2. The van der Waals surface area contributed by atoms with Gasteiger partial charge in [0.1, 0.15) is 0 Å². The zero-order valence-electron chi connectivity index (χ0n) is 8.45. The second-order valence-corrected chi connectivity index (χ2v) is 4.07. The van der Waals surface area contributed by atoms with Crippen LogP contribution in [-0.4, -0.2) is 28.3 Å². The van der Waals surface area contributed by atoms with Gasteiger partial charge < -0.3 is 14.9 Å². The van der Waals surface area contributed by atoms with Gasteiger partial charge >= 0.3 is 0 Å². The molecule has 5 nitrogen and oxygen atoms in total. The van der Waals surface area contributed by atoms with E-state index in [0.29, 0.717) is 24.7 Å². The molecule has 5 heteroatoms. The number of hydrogen-bond acceptors (Lipinski definition) is 5. The normalized spacial score (nSPS) is 27.4. The Balaban J connectivity index is 2.23. The highest BCUT2D eigenvalue weighted by Gasteiger charge is 2.38. The summed E-state index contributed by atoms with van der Waals surface area (Å²) in [6.45, 7) is 5.26. The van der Waals surface area contributed by atoms with Gasteiger partial charge in [0, 0.05) is 12.5 Å². The summed E-state index contributed by atoms with van der Waals surface area (Å²) < 4.78 is 5.06. The fourth-order valence-electron chi connectivity index (χ4n) is 1.52. The van der Waals surface area contributed by atoms with Crippen LogP contribution >= 0.6 is 0 Å². The molecule has 1 saturated heterocycles. The fraction of sp³-hybridized carbons (Fsp3) is 0.778. The first-order valence-electron chi connectivity index (χ1n) is 4.89. The summed E-state index contributed by atoms with van der Waals surface area (Å²) in [6.07, 6.45) is 0.632. The van der Waals surface area contributed by atoms with Crippen molar-refractivity contribution < 1.29 is 9.63 Å². The van der Waals surface area contributed by atoms with Gasteiger partial charge in [-0.15, -0.1) is 0 Å². The largest absolute Gasteiger partial charge is 0.379 e. The molecule has 1 atom stereocenters. The minimum Gasteiger partial charge on any atom is -0.379 e. The number of aliphatic hydroxyl groups is 1. The second kappa shape index (κ2) is 3.33. The Labute approximate surface area is 82.5 Å². The first-order valence-corrected chi connectivity index (χ1v) is 4.89. The maximum Gasteiger partial charge on any atom is 0.259 e. The Morgan fingerprint density at radius 1 is 1.57 bits per heavy atom. The van der Waals surface area contributed by atoms with Crippen LogP contribution in [0.1, 0.15) is 37.9 Å². The van der Waals surface area contributed by atoms with Crippen molar-refractivity contribution in [2.24, 2.45) is 0 Å². The Morgan fingerprint density at radius 3 is 2.86 bits per heavy atom. The maximum atomic E-state index is 10.1. The molecule has 14 heavy (non-hydrogen) atoms. The lowest BCUT2D eigenvalue weighted by molar-refractivity contribution is 0.0243. The predicted octanol–water partition coefficient (Wildman–Crippen LogP) is 0.374. The van der Waals surface area contributed by atoms with Gasteiger partial charge in [0.05, 0.1) is 0 Å². The summed E-state index contributed by atoms with van der Waals surface area (Å²) in [4.78, 5) is 4.20. The van der Waals surface area contributed by atoms with E-state index in [4.69, 9.17) is 4.52 Å². The zero-order chi connectivity index (χ0) is 10.2. The summed E-state index contributed by atoms with van der Waals surface area (Å²) >= 11 is 0. The highest BCUT2D eigenvalue weighted by molar-refractivity contribution is 5.04. The molecular weight excluding hydrogens is 182 g/mol. The zero-order valence-corrected chi connectivity index (χ0v) is 8.45. The van der Waals surface area contributed by atoms with Crippen LogP contribution in [0.3, 0.4) is 0 Å². The molecule has 0 amide bonds. The molecule has 78 valence electrons. The predicted molar refractivity (Wildman–Crippen MR) is 49.8 cm³/mol. The second-order valence-electron chi connectivity index (χ2n) is 4.07. The Hall–Kier alpha value is -0.940. The van der Waals surface area contributed by atoms with Gasteiger partial charge in [-0.3, -0.25) is 0 Å². The lowest BCUT2D eigenvalue weighted by Crippen LogP contribution is -2.28. The van der Waals surface area contributed by atoms with Gasteiger partial charge in [-0.25, -0.2) is 0 Å². The molecule has 2 N–H and O–H groups in total. The van der Waals surface area contributed by atoms with Crippen LogP contribution in [0, 0.1) is 0 Å². The van der Waals surface area contributed by atoms with Crippen molar-refractivity contribution in [1.29, 1.82) is 0 Å². The molecule has 0 aliphatic carbocycles. The Bertz CT molecular complexity index is 316. The van der Waals surface area contributed by atoms with Gasteiger partial charge in [-0.2, -0.15) is 4.98 Å². The molecule has 2 heterocycles. The first kappa shape index (κ1) is 9.61. The highest BCUT2D eigenvalue weighted by Crippen LogP contribution is 2.26. The topological polar surface area (TPSA) is 71.2 Å². The average Bonchev–Trinajstić information content (AvgIpc) is 2.71. The summed E-state index contributed by atoms with van der Waals surface area (Å²) in [5, 5.41) is 17.0. The van der Waals surface area contributed by atoms with Gasteiger partial charge in [0.15, 0.2) is 11.4 Å². The van der Waals surface area contributed by atoms with Gasteiger partial charge in [0.2, 0.25) is 0 Å². The standard InChI is InChI=1S/C9H15N3O2/c1-6(2)7-11-8(14-12-7)9(13)3-4-10-5-9/h6,10,13H,3-5H2,1-2H3/t9-/m1/s1. The number of β-amino-alcohol motifs (C(OH)–C–C–N with tert-alkyl or cyclic N) is 1. The van der Waals surface area contributed by atoms with E-state index in [1.54, 1.807) is 0 Å². The number of rotatable bonds is 2. The highest BCUT2D eigenvalue weighted by atomic mass is 16.5. The van der Waals surface area contributed by atoms with E-state index >= 15 is 0 Å². The molecule has 1 aliphatic rings. The molecule has 0 bridgehead atoms.